The average Bonchev–Trinajstić information content (AvgIpc) is 3.12. The largest absolute Gasteiger partial charge is 0.377 e. The monoisotopic (exact) mass is 542 g/mol. The Balaban J connectivity index is 1.71. The number of ether oxygens (including phenoxy) is 2. The van der Waals surface area contributed by atoms with Gasteiger partial charge in [0, 0.05) is 48.8 Å². The molecular formula is C20H31IN6O2Si. The molecule has 30 heavy (non-hydrogen) atoms. The average molecular weight is 542 g/mol. The molecule has 0 saturated carbocycles. The van der Waals surface area contributed by atoms with Crippen LogP contribution >= 0.6 is 22.6 Å². The molecule has 3 rings (SSSR count). The van der Waals surface area contributed by atoms with Crippen LogP contribution in [0.1, 0.15) is 12.5 Å². The van der Waals surface area contributed by atoms with Gasteiger partial charge in [0.2, 0.25) is 0 Å². The molecule has 1 saturated heterocycles. The van der Waals surface area contributed by atoms with Crippen LogP contribution in [0.3, 0.4) is 0 Å². The summed E-state index contributed by atoms with van der Waals surface area (Å²) in [7, 11) is -1.09. The van der Waals surface area contributed by atoms with Gasteiger partial charge in [-0.05, 0) is 41.6 Å². The number of anilines is 3. The first-order valence-electron chi connectivity index (χ1n) is 10.2. The Morgan fingerprint density at radius 2 is 2.23 bits per heavy atom. The molecule has 0 unspecified atom stereocenters. The molecule has 0 amide bonds. The van der Waals surface area contributed by atoms with Gasteiger partial charge < -0.3 is 25.1 Å². The van der Waals surface area contributed by atoms with E-state index in [2.05, 4.69) is 64.5 Å². The number of nitrogens with one attached hydrogen (secondary N) is 2. The van der Waals surface area contributed by atoms with Gasteiger partial charge in [0.15, 0.2) is 5.82 Å². The van der Waals surface area contributed by atoms with Crippen LogP contribution in [0.5, 0.6) is 0 Å². The summed E-state index contributed by atoms with van der Waals surface area (Å²) in [6.07, 6.45) is 3.22. The minimum Gasteiger partial charge on any atom is -0.377 e. The standard InChI is InChI=1S/C20H31IN6O2Si/c1-15-13-28-8-7-27(15)19-11-17(21)16(12-22)20(24-19)23-18-5-6-26(25-18)14-29-9-10-30(2,3)4/h5-6,11-12,15,22H,7-10,13-14H2,1-4H3,(H,23,24,25)/t15-/m1/s1. The topological polar surface area (TPSA) is 88.3 Å². The number of aromatic nitrogens is 3. The number of nitrogens with zero attached hydrogens (tertiary/aromatic N) is 4. The third-order valence-electron chi connectivity index (χ3n) is 4.91. The molecule has 2 aromatic rings. The summed E-state index contributed by atoms with van der Waals surface area (Å²) in [6.45, 7) is 12.5. The van der Waals surface area contributed by atoms with Crippen LogP contribution < -0.4 is 10.2 Å². The van der Waals surface area contributed by atoms with E-state index in [0.717, 1.165) is 34.1 Å². The number of halogens is 1. The molecule has 1 aliphatic rings. The Labute approximate surface area is 193 Å². The fourth-order valence-electron chi connectivity index (χ4n) is 3.12. The highest BCUT2D eigenvalue weighted by atomic mass is 127. The third-order valence-corrected chi connectivity index (χ3v) is 7.50. The quantitative estimate of drug-likeness (QED) is 0.214. The van der Waals surface area contributed by atoms with Gasteiger partial charge in [-0.3, -0.25) is 0 Å². The molecule has 2 aromatic heterocycles. The van der Waals surface area contributed by atoms with Crippen LogP contribution in [0.4, 0.5) is 17.5 Å². The van der Waals surface area contributed by atoms with Crippen LogP contribution in [0.25, 0.3) is 0 Å². The predicted octanol–water partition coefficient (Wildman–Crippen LogP) is 4.16. The molecule has 0 spiro atoms. The van der Waals surface area contributed by atoms with E-state index in [0.29, 0.717) is 31.6 Å². The number of hydrogen-bond donors (Lipinski definition) is 2. The van der Waals surface area contributed by atoms with Crippen LogP contribution in [-0.2, 0) is 16.2 Å². The molecule has 1 fully saturated rings. The van der Waals surface area contributed by atoms with Gasteiger partial charge in [0.25, 0.3) is 0 Å². The maximum atomic E-state index is 7.83. The molecule has 10 heteroatoms. The Hall–Kier alpha value is -1.50. The van der Waals surface area contributed by atoms with Gasteiger partial charge in [-0.25, -0.2) is 9.67 Å². The second kappa shape index (κ2) is 10.2. The minimum atomic E-state index is -1.09. The normalized spacial score (nSPS) is 17.2. The van der Waals surface area contributed by atoms with E-state index in [9.17, 15) is 0 Å². The van der Waals surface area contributed by atoms with E-state index in [1.807, 2.05) is 18.3 Å². The Morgan fingerprint density at radius 3 is 2.93 bits per heavy atom. The van der Waals surface area contributed by atoms with E-state index >= 15 is 0 Å². The maximum Gasteiger partial charge on any atom is 0.153 e. The molecule has 3 heterocycles. The van der Waals surface area contributed by atoms with Crippen molar-refractivity contribution in [1.29, 1.82) is 5.41 Å². The van der Waals surface area contributed by atoms with E-state index in [-0.39, 0.29) is 6.04 Å². The first-order valence-corrected chi connectivity index (χ1v) is 15.0. The Bertz CT molecular complexity index is 869. The summed E-state index contributed by atoms with van der Waals surface area (Å²) in [5.41, 5.74) is 0.751. The summed E-state index contributed by atoms with van der Waals surface area (Å²) in [5.74, 6) is 2.20. The molecule has 0 radical (unpaired) electrons. The second-order valence-electron chi connectivity index (χ2n) is 8.70. The first-order chi connectivity index (χ1) is 14.3. The van der Waals surface area contributed by atoms with Gasteiger partial charge in [-0.1, -0.05) is 19.6 Å². The smallest absolute Gasteiger partial charge is 0.153 e. The van der Waals surface area contributed by atoms with Gasteiger partial charge in [-0.2, -0.15) is 5.10 Å². The van der Waals surface area contributed by atoms with Gasteiger partial charge >= 0.3 is 0 Å². The van der Waals surface area contributed by atoms with Crippen molar-refractivity contribution in [2.45, 2.75) is 45.4 Å². The van der Waals surface area contributed by atoms with Crippen LogP contribution in [0.2, 0.25) is 25.7 Å². The molecular weight excluding hydrogens is 511 g/mol. The maximum absolute atomic E-state index is 7.83. The van der Waals surface area contributed by atoms with E-state index in [1.165, 1.54) is 6.21 Å². The van der Waals surface area contributed by atoms with Crippen molar-refractivity contribution in [2.75, 3.05) is 36.6 Å². The molecule has 0 aromatic carbocycles. The highest BCUT2D eigenvalue weighted by Crippen LogP contribution is 2.28. The summed E-state index contributed by atoms with van der Waals surface area (Å²) in [6, 6.07) is 5.32. The molecule has 164 valence electrons. The summed E-state index contributed by atoms with van der Waals surface area (Å²) < 4.78 is 14.1. The molecule has 0 aliphatic carbocycles. The van der Waals surface area contributed by atoms with Crippen LogP contribution in [-0.4, -0.2) is 61.5 Å². The lowest BCUT2D eigenvalue weighted by atomic mass is 10.2. The second-order valence-corrected chi connectivity index (χ2v) is 15.5. The first kappa shape index (κ1) is 23.2. The summed E-state index contributed by atoms with van der Waals surface area (Å²) >= 11 is 2.26. The zero-order chi connectivity index (χ0) is 21.7. The van der Waals surface area contributed by atoms with Crippen molar-refractivity contribution in [3.8, 4) is 0 Å². The SMILES string of the molecule is C[C@@H]1COCCN1c1cc(I)c(C=N)c(Nc2ccn(COCC[Si](C)(C)C)n2)n1. The zero-order valence-corrected chi connectivity index (χ0v) is 21.3. The van der Waals surface area contributed by atoms with Gasteiger partial charge in [0.05, 0.1) is 19.3 Å². The van der Waals surface area contributed by atoms with Gasteiger partial charge in [-0.15, -0.1) is 0 Å². The Kier molecular flexibility index (Phi) is 7.88. The number of pyridine rings is 1. The molecule has 0 bridgehead atoms. The van der Waals surface area contributed by atoms with E-state index in [4.69, 9.17) is 19.9 Å². The fraction of sp³-hybridized carbons (Fsp3) is 0.550. The molecule has 8 nitrogen and oxygen atoms in total. The minimum absolute atomic E-state index is 0.258. The zero-order valence-electron chi connectivity index (χ0n) is 18.1. The fourth-order valence-corrected chi connectivity index (χ4v) is 4.56. The van der Waals surface area contributed by atoms with Crippen LogP contribution in [0.15, 0.2) is 18.3 Å². The molecule has 1 aliphatic heterocycles. The van der Waals surface area contributed by atoms with Crippen LogP contribution in [0, 0.1) is 8.98 Å². The third kappa shape index (κ3) is 6.25. The van der Waals surface area contributed by atoms with Crippen molar-refractivity contribution in [2.24, 2.45) is 0 Å². The van der Waals surface area contributed by atoms with Crippen molar-refractivity contribution < 1.29 is 9.47 Å². The van der Waals surface area contributed by atoms with E-state index < -0.39 is 8.07 Å². The molecule has 2 N–H and O–H groups in total. The predicted molar refractivity (Wildman–Crippen MR) is 132 cm³/mol. The summed E-state index contributed by atoms with van der Waals surface area (Å²) in [5, 5.41) is 15.7. The highest BCUT2D eigenvalue weighted by Gasteiger charge is 2.22. The lowest BCUT2D eigenvalue weighted by molar-refractivity contribution is 0.0788. The van der Waals surface area contributed by atoms with Crippen molar-refractivity contribution >= 4 is 54.3 Å². The number of rotatable bonds is 9. The Morgan fingerprint density at radius 1 is 1.43 bits per heavy atom. The number of morpholine rings is 1. The van der Waals surface area contributed by atoms with Crippen molar-refractivity contribution in [3.63, 3.8) is 0 Å². The van der Waals surface area contributed by atoms with Gasteiger partial charge in [0.1, 0.15) is 18.4 Å². The van der Waals surface area contributed by atoms with E-state index in [1.54, 1.807) is 4.68 Å². The summed E-state index contributed by atoms with van der Waals surface area (Å²) in [4.78, 5) is 7.06. The van der Waals surface area contributed by atoms with Crippen molar-refractivity contribution in [1.82, 2.24) is 14.8 Å². The van der Waals surface area contributed by atoms with Crippen molar-refractivity contribution in [3.05, 3.63) is 27.5 Å². The molecule has 1 atom stereocenters. The highest BCUT2D eigenvalue weighted by molar-refractivity contribution is 14.1. The number of hydrogen-bond acceptors (Lipinski definition) is 7. The lowest BCUT2D eigenvalue weighted by Crippen LogP contribution is -2.44. The lowest BCUT2D eigenvalue weighted by Gasteiger charge is -2.34.